The zero-order valence-corrected chi connectivity index (χ0v) is 78.4. The van der Waals surface area contributed by atoms with Gasteiger partial charge in [-0.2, -0.15) is 52.9 Å². The maximum atomic E-state index is 13.0. The number of nitriles is 1. The third-order valence-electron chi connectivity index (χ3n) is 17.6. The largest absolute Gasteiger partial charge is 0.508 e. The molecule has 0 atom stereocenters. The smallest absolute Gasteiger partial charge is 0.417 e. The summed E-state index contributed by atoms with van der Waals surface area (Å²) in [6, 6.07) is 45.8. The Morgan fingerprint density at radius 2 is 0.724 bits per heavy atom. The van der Waals surface area contributed by atoms with Crippen molar-refractivity contribution >= 4 is 58.3 Å². The first-order valence-corrected chi connectivity index (χ1v) is 41.8. The molecule has 0 unspecified atom stereocenters. The van der Waals surface area contributed by atoms with Crippen molar-refractivity contribution in [3.63, 3.8) is 0 Å². The summed E-state index contributed by atoms with van der Waals surface area (Å²) in [5.41, 5.74) is 13.1. The van der Waals surface area contributed by atoms with Crippen molar-refractivity contribution in [3.05, 3.63) is 311 Å². The molecule has 0 bridgehead atoms. The molecule has 0 saturated carbocycles. The third kappa shape index (κ3) is 35.8. The van der Waals surface area contributed by atoms with E-state index in [1.165, 1.54) is 134 Å². The number of rotatable bonds is 22. The summed E-state index contributed by atoms with van der Waals surface area (Å²) in [5, 5.41) is 18.2. The molecule has 14 nitrogen and oxygen atoms in total. The Bertz CT molecular complexity index is 4580. The number of anilines is 4. The minimum Gasteiger partial charge on any atom is -0.508 e. The summed E-state index contributed by atoms with van der Waals surface area (Å²) in [4.78, 5) is 12.2. The van der Waals surface area contributed by atoms with Crippen molar-refractivity contribution in [1.29, 1.82) is 5.26 Å². The van der Waals surface area contributed by atoms with Gasteiger partial charge < -0.3 is 93.4 Å². The van der Waals surface area contributed by atoms with Gasteiger partial charge in [0.1, 0.15) is 46.1 Å². The molecular weight excluding hydrogens is 2040 g/mol. The molecule has 0 saturated heterocycles. The molecule has 686 valence electrons. The number of para-hydroxylation sites is 5. The number of aromatic hydroxyl groups is 1. The van der Waals surface area contributed by atoms with Gasteiger partial charge >= 0.3 is 22.5 Å². The van der Waals surface area contributed by atoms with Crippen LogP contribution < -0.4 is 33.3 Å². The first kappa shape index (κ1) is 114. The minimum absolute atomic E-state index is 0. The van der Waals surface area contributed by atoms with Crippen LogP contribution in [0.4, 0.5) is 81.1 Å². The predicted octanol–water partition coefficient (Wildman–Crippen LogP) is 29.6. The average Bonchev–Trinajstić information content (AvgIpc) is 1.65. The second-order valence-corrected chi connectivity index (χ2v) is 33.9. The second-order valence-electron chi connectivity index (χ2n) is 29.3. The Balaban J connectivity index is 0.00000152. The van der Waals surface area contributed by atoms with Crippen LogP contribution >= 0.6 is 10.7 Å². The van der Waals surface area contributed by atoms with E-state index in [0.717, 1.165) is 24.3 Å². The standard InChI is InChI=1S/2C27H37N2.C17H13F3NO4S.C14H8F3NO2.C3H6ClO2S.2CF3.2CH3.2Au/c2*1-18(2)22-11-9-12-23(19(3)4)26(22)28-15-16-29(17-28)27-24(20(5)6)13-10-14-25(27)21(7)8;1-3-10-26(22,23)25-13-7-4-6-12(11-13)24-15-9-5-8-14(16(15)21-2)17(18,19)20;15-14(16,17)12-5-2-6-13(11(12)8-18)20-10-4-1-3-9(19)7-10;1-2-3-7(4,5)6;2*2-1(3)4;;;;/h2*9-21H,1-8H3;4-9,11H,1,3,10H2;1-7,19H;1-3H2;;;2*1H3;;/q3*-1;;5*-1;;. The van der Waals surface area contributed by atoms with E-state index < -0.39 is 67.3 Å². The zero-order chi connectivity index (χ0) is 89.8. The van der Waals surface area contributed by atoms with Crippen LogP contribution in [0.15, 0.2) is 183 Å². The summed E-state index contributed by atoms with van der Waals surface area (Å²) in [7, 11) is -2.33. The number of phenols is 1. The maximum absolute atomic E-state index is 13.0. The number of benzene rings is 8. The normalized spacial score (nSPS) is 12.3. The molecule has 10 rings (SSSR count). The number of halogens is 13. The van der Waals surface area contributed by atoms with Crippen molar-refractivity contribution < 1.29 is 133 Å². The molecule has 2 aliphatic heterocycles. The topological polar surface area (TPSA) is 157 Å². The van der Waals surface area contributed by atoms with E-state index in [2.05, 4.69) is 260 Å². The molecule has 0 spiro atoms. The van der Waals surface area contributed by atoms with Crippen molar-refractivity contribution in [2.45, 2.75) is 183 Å². The van der Waals surface area contributed by atoms with Gasteiger partial charge in [0, 0.05) is 96.1 Å². The molecule has 2 aliphatic rings. The van der Waals surface area contributed by atoms with Gasteiger partial charge in [-0.1, -0.05) is 214 Å². The molecule has 8 aromatic rings. The van der Waals surface area contributed by atoms with Gasteiger partial charge in [-0.15, -0.1) is 13.3 Å². The number of ether oxygens (including phenoxy) is 2. The fourth-order valence-electron chi connectivity index (χ4n) is 12.3. The van der Waals surface area contributed by atoms with Crippen LogP contribution in [0.1, 0.15) is 232 Å². The molecule has 0 aliphatic carbocycles. The molecule has 2 heterocycles. The van der Waals surface area contributed by atoms with Gasteiger partial charge in [0.2, 0.25) is 14.7 Å². The second kappa shape index (κ2) is 53.0. The molecule has 0 amide bonds. The fourth-order valence-corrected chi connectivity index (χ4v) is 13.8. The van der Waals surface area contributed by atoms with Crippen LogP contribution in [0.3, 0.4) is 0 Å². The molecule has 0 aromatic heterocycles. The average molecular weight is 2150 g/mol. The predicted molar refractivity (Wildman–Crippen MR) is 464 cm³/mol. The molecular formula is C92H107Au2ClF12N6O8S2-8. The summed E-state index contributed by atoms with van der Waals surface area (Å²) in [5.74, 6) is 3.02. The van der Waals surface area contributed by atoms with Gasteiger partial charge in [-0.25, -0.2) is 13.3 Å². The first-order valence-electron chi connectivity index (χ1n) is 37.8. The third-order valence-corrected chi connectivity index (χ3v) is 20.1. The van der Waals surface area contributed by atoms with Gasteiger partial charge in [-0.05, 0) is 159 Å². The Morgan fingerprint density at radius 3 is 0.992 bits per heavy atom. The Morgan fingerprint density at radius 1 is 0.455 bits per heavy atom. The van der Waals surface area contributed by atoms with Crippen LogP contribution in [-0.4, -0.2) is 33.4 Å². The molecule has 31 heteroatoms. The van der Waals surface area contributed by atoms with Gasteiger partial charge in [-0.3, -0.25) is 0 Å². The SMILES string of the molecule is CC(C)c1cccc(C(C)C)c1N1C=CN(c2c(C(C)C)cccc2C(C)C)[CH-]1.CC(C)c1cccc(C(C)C)c1N1C=CN(c2c(C(C)C)cccc2C(C)C)[CH-]1.F[C-](F)F.F[C-](F)F.N#Cc1c(Oc2cccc(O)c2)cccc1C(F)(F)F.[Au].[Au].[C-]#[N+]c1c(Oc2cccc(OS(=O)(=O)CC[CH2-])c2)cccc1C(F)(F)F.[CH2-]CCS(=O)(=O)Cl.[CH3-].[CH3-]. The number of hydrogen-bond acceptors (Lipinski definition) is 13. The number of nitrogens with zero attached hydrogens (tertiary/aromatic N) is 6. The fraction of sp³-hybridized carbons (Fsp3) is 0.326. The van der Waals surface area contributed by atoms with Gasteiger partial charge in [0.05, 0.1) is 23.5 Å². The van der Waals surface area contributed by atoms with E-state index >= 15 is 0 Å². The van der Waals surface area contributed by atoms with E-state index in [4.69, 9.17) is 36.2 Å². The van der Waals surface area contributed by atoms with E-state index in [0.29, 0.717) is 53.8 Å². The zero-order valence-electron chi connectivity index (χ0n) is 71.7. The Labute approximate surface area is 756 Å². The van der Waals surface area contributed by atoms with Crippen molar-refractivity contribution in [1.82, 2.24) is 0 Å². The molecule has 123 heavy (non-hydrogen) atoms. The van der Waals surface area contributed by atoms with E-state index in [-0.39, 0.29) is 112 Å². The summed E-state index contributed by atoms with van der Waals surface area (Å²) in [6.45, 7) is 48.6. The quantitative estimate of drug-likeness (QED) is 0.0225. The molecule has 0 fully saturated rings. The van der Waals surface area contributed by atoms with Crippen LogP contribution in [0.5, 0.6) is 34.5 Å². The Hall–Kier alpha value is -8.55. The molecule has 8 aromatic carbocycles. The summed E-state index contributed by atoms with van der Waals surface area (Å²) < 4.78 is 193. The number of hydrogen-bond donors (Lipinski definition) is 1. The summed E-state index contributed by atoms with van der Waals surface area (Å²) >= 11 is 0. The van der Waals surface area contributed by atoms with Crippen LogP contribution in [0.2, 0.25) is 0 Å². The van der Waals surface area contributed by atoms with Crippen LogP contribution in [-0.2, 0) is 76.3 Å². The monoisotopic (exact) mass is 2140 g/mol. The van der Waals surface area contributed by atoms with Crippen LogP contribution in [0, 0.1) is 73.3 Å². The van der Waals surface area contributed by atoms with Crippen molar-refractivity contribution in [3.8, 4) is 40.6 Å². The van der Waals surface area contributed by atoms with Crippen LogP contribution in [0.25, 0.3) is 4.85 Å². The summed E-state index contributed by atoms with van der Waals surface area (Å²) in [6.07, 6.45) is -0.01000. The molecule has 2 radical (unpaired) electrons. The van der Waals surface area contributed by atoms with Crippen molar-refractivity contribution in [2.24, 2.45) is 0 Å². The maximum Gasteiger partial charge on any atom is 0.417 e. The number of phenolic OH excluding ortho intramolecular Hbond substituents is 1. The first-order chi connectivity index (χ1) is 55.5. The van der Waals surface area contributed by atoms with Gasteiger partial charge in [0.25, 0.3) is 0 Å². The minimum atomic E-state index is -4.70. The Kier molecular flexibility index (Phi) is 49.4. The molecule has 1 N–H and O–H groups in total. The van der Waals surface area contributed by atoms with E-state index in [1.807, 2.05) is 0 Å². The van der Waals surface area contributed by atoms with E-state index in [9.17, 15) is 74.6 Å². The van der Waals surface area contributed by atoms with E-state index in [1.54, 1.807) is 0 Å². The number of alkyl halides is 6. The van der Waals surface area contributed by atoms with Crippen molar-refractivity contribution in [2.75, 3.05) is 31.1 Å². The van der Waals surface area contributed by atoms with Gasteiger partial charge in [0.15, 0.2) is 13.4 Å².